The van der Waals surface area contributed by atoms with E-state index in [1.807, 2.05) is 18.2 Å². The van der Waals surface area contributed by atoms with Crippen molar-refractivity contribution in [1.29, 1.82) is 0 Å². The van der Waals surface area contributed by atoms with Crippen molar-refractivity contribution in [3.63, 3.8) is 0 Å². The van der Waals surface area contributed by atoms with Gasteiger partial charge < -0.3 is 5.11 Å². The topological polar surface area (TPSA) is 40.5 Å². The maximum absolute atomic E-state index is 12.2. The molecule has 0 aromatic heterocycles. The van der Waals surface area contributed by atoms with E-state index in [1.165, 1.54) is 4.90 Å². The number of anilines is 1. The zero-order valence-corrected chi connectivity index (χ0v) is 10.1. The van der Waals surface area contributed by atoms with Gasteiger partial charge in [-0.25, -0.2) is 0 Å². The maximum Gasteiger partial charge on any atom is 0.261 e. The minimum Gasteiger partial charge on any atom is -0.369 e. The molecule has 1 aliphatic rings. The highest BCUT2D eigenvalue weighted by atomic mass is 35.5. The van der Waals surface area contributed by atoms with Gasteiger partial charge in [-0.05, 0) is 30.3 Å². The minimum atomic E-state index is -0.978. The lowest BCUT2D eigenvalue weighted by molar-refractivity contribution is 0.0935. The summed E-state index contributed by atoms with van der Waals surface area (Å²) in [6.45, 7) is 0. The summed E-state index contributed by atoms with van der Waals surface area (Å²) in [5.74, 6) is -0.208. The number of hydrogen-bond acceptors (Lipinski definition) is 2. The average molecular weight is 260 g/mol. The summed E-state index contributed by atoms with van der Waals surface area (Å²) in [5, 5.41) is 10.7. The monoisotopic (exact) mass is 259 g/mol. The molecule has 1 N–H and O–H groups in total. The zero-order valence-electron chi connectivity index (χ0n) is 9.38. The molecule has 0 bridgehead atoms. The summed E-state index contributed by atoms with van der Waals surface area (Å²) in [4.78, 5) is 13.6. The van der Waals surface area contributed by atoms with Crippen LogP contribution >= 0.6 is 11.6 Å². The Labute approximate surface area is 109 Å². The Morgan fingerprint density at radius 1 is 1.11 bits per heavy atom. The van der Waals surface area contributed by atoms with Crippen LogP contribution in [-0.4, -0.2) is 11.0 Å². The van der Waals surface area contributed by atoms with Crippen molar-refractivity contribution < 1.29 is 9.90 Å². The first-order valence-electron chi connectivity index (χ1n) is 5.54. The highest BCUT2D eigenvalue weighted by molar-refractivity contribution is 6.31. The third-order valence-corrected chi connectivity index (χ3v) is 3.26. The molecule has 0 saturated heterocycles. The van der Waals surface area contributed by atoms with Crippen molar-refractivity contribution >= 4 is 23.2 Å². The molecular formula is C14H10ClNO2. The number of nitrogens with zero attached hydrogens (tertiary/aromatic N) is 1. The van der Waals surface area contributed by atoms with Gasteiger partial charge in [-0.3, -0.25) is 9.69 Å². The average Bonchev–Trinajstić information content (AvgIpc) is 2.63. The van der Waals surface area contributed by atoms with Gasteiger partial charge in [0.25, 0.3) is 5.91 Å². The molecular weight excluding hydrogens is 250 g/mol. The van der Waals surface area contributed by atoms with Gasteiger partial charge in [0.2, 0.25) is 0 Å². The quantitative estimate of drug-likeness (QED) is 0.855. The van der Waals surface area contributed by atoms with Crippen LogP contribution in [0.5, 0.6) is 0 Å². The van der Waals surface area contributed by atoms with E-state index >= 15 is 0 Å². The van der Waals surface area contributed by atoms with Gasteiger partial charge >= 0.3 is 0 Å². The highest BCUT2D eigenvalue weighted by Gasteiger charge is 2.36. The van der Waals surface area contributed by atoms with E-state index in [0.29, 0.717) is 21.8 Å². The number of carbonyl (C=O) groups is 1. The van der Waals surface area contributed by atoms with Gasteiger partial charge in [0.05, 0.1) is 0 Å². The van der Waals surface area contributed by atoms with E-state index in [1.54, 1.807) is 30.3 Å². The van der Waals surface area contributed by atoms with Crippen LogP contribution in [0.4, 0.5) is 5.69 Å². The van der Waals surface area contributed by atoms with Gasteiger partial charge in [0.1, 0.15) is 0 Å². The first-order chi connectivity index (χ1) is 8.68. The van der Waals surface area contributed by atoms with Crippen LogP contribution in [0, 0.1) is 0 Å². The van der Waals surface area contributed by atoms with Crippen molar-refractivity contribution in [3.8, 4) is 0 Å². The summed E-state index contributed by atoms with van der Waals surface area (Å²) in [6.07, 6.45) is -0.978. The van der Waals surface area contributed by atoms with E-state index in [9.17, 15) is 9.90 Å². The lowest BCUT2D eigenvalue weighted by Gasteiger charge is -2.20. The van der Waals surface area contributed by atoms with Gasteiger partial charge in [-0.1, -0.05) is 29.8 Å². The zero-order chi connectivity index (χ0) is 12.7. The van der Waals surface area contributed by atoms with Crippen LogP contribution in [0.2, 0.25) is 5.02 Å². The van der Waals surface area contributed by atoms with Crippen LogP contribution in [0.1, 0.15) is 22.1 Å². The highest BCUT2D eigenvalue weighted by Crippen LogP contribution is 2.36. The van der Waals surface area contributed by atoms with Gasteiger partial charge in [-0.15, -0.1) is 0 Å². The van der Waals surface area contributed by atoms with E-state index in [-0.39, 0.29) is 5.91 Å². The number of amides is 1. The minimum absolute atomic E-state index is 0.208. The summed E-state index contributed by atoms with van der Waals surface area (Å²) < 4.78 is 0. The first-order valence-corrected chi connectivity index (χ1v) is 5.92. The number of fused-ring (bicyclic) bond motifs is 1. The molecule has 1 heterocycles. The van der Waals surface area contributed by atoms with Gasteiger partial charge in [0.15, 0.2) is 6.23 Å². The normalized spacial score (nSPS) is 18.0. The fourth-order valence-electron chi connectivity index (χ4n) is 2.17. The molecule has 1 atom stereocenters. The van der Waals surface area contributed by atoms with Crippen LogP contribution < -0.4 is 4.90 Å². The number of para-hydroxylation sites is 1. The predicted molar refractivity (Wildman–Crippen MR) is 69.7 cm³/mol. The Balaban J connectivity index is 2.10. The number of carbonyl (C=O) groups excluding carboxylic acids is 1. The molecule has 18 heavy (non-hydrogen) atoms. The van der Waals surface area contributed by atoms with Crippen molar-refractivity contribution in [2.24, 2.45) is 0 Å². The number of halogens is 1. The standard InChI is InChI=1S/C14H10ClNO2/c15-9-6-7-11-12(8-9)14(18)16(13(11)17)10-4-2-1-3-5-10/h1-8,14,18H. The maximum atomic E-state index is 12.2. The molecule has 0 aliphatic carbocycles. The molecule has 2 aromatic rings. The Morgan fingerprint density at radius 3 is 2.56 bits per heavy atom. The summed E-state index contributed by atoms with van der Waals surface area (Å²) in [7, 11) is 0. The molecule has 3 rings (SSSR count). The molecule has 0 radical (unpaired) electrons. The Kier molecular flexibility index (Phi) is 2.58. The molecule has 0 spiro atoms. The molecule has 1 amide bonds. The molecule has 1 unspecified atom stereocenters. The first kappa shape index (κ1) is 11.3. The molecule has 1 aliphatic heterocycles. The van der Waals surface area contributed by atoms with Gasteiger partial charge in [-0.2, -0.15) is 0 Å². The van der Waals surface area contributed by atoms with Crippen molar-refractivity contribution in [3.05, 3.63) is 64.7 Å². The van der Waals surface area contributed by atoms with E-state index in [0.717, 1.165) is 0 Å². The number of aliphatic hydroxyl groups is 1. The van der Waals surface area contributed by atoms with Crippen molar-refractivity contribution in [2.45, 2.75) is 6.23 Å². The molecule has 90 valence electrons. The number of hydrogen-bond donors (Lipinski definition) is 1. The number of aliphatic hydroxyl groups excluding tert-OH is 1. The summed E-state index contributed by atoms with van der Waals surface area (Å²) in [5.41, 5.74) is 1.72. The van der Waals surface area contributed by atoms with E-state index in [2.05, 4.69) is 0 Å². The second-order valence-corrected chi connectivity index (χ2v) is 4.55. The second kappa shape index (κ2) is 4.12. The van der Waals surface area contributed by atoms with E-state index in [4.69, 9.17) is 11.6 Å². The third-order valence-electron chi connectivity index (χ3n) is 3.02. The largest absolute Gasteiger partial charge is 0.369 e. The molecule has 4 heteroatoms. The lowest BCUT2D eigenvalue weighted by Crippen LogP contribution is -2.27. The summed E-state index contributed by atoms with van der Waals surface area (Å²) >= 11 is 5.89. The SMILES string of the molecule is O=C1c2ccc(Cl)cc2C(O)N1c1ccccc1. The Morgan fingerprint density at radius 2 is 1.83 bits per heavy atom. The smallest absolute Gasteiger partial charge is 0.261 e. The van der Waals surface area contributed by atoms with E-state index < -0.39 is 6.23 Å². The lowest BCUT2D eigenvalue weighted by atomic mass is 10.1. The number of benzene rings is 2. The van der Waals surface area contributed by atoms with Crippen LogP contribution in [0.25, 0.3) is 0 Å². The summed E-state index contributed by atoms with van der Waals surface area (Å²) in [6, 6.07) is 14.0. The fourth-order valence-corrected chi connectivity index (χ4v) is 2.35. The third kappa shape index (κ3) is 1.60. The predicted octanol–water partition coefficient (Wildman–Crippen LogP) is 2.99. The number of rotatable bonds is 1. The second-order valence-electron chi connectivity index (χ2n) is 4.12. The molecule has 0 saturated carbocycles. The Hall–Kier alpha value is -1.84. The van der Waals surface area contributed by atoms with Crippen molar-refractivity contribution in [1.82, 2.24) is 0 Å². The fraction of sp³-hybridized carbons (Fsp3) is 0.0714. The van der Waals surface area contributed by atoms with Crippen LogP contribution in [0.3, 0.4) is 0 Å². The van der Waals surface area contributed by atoms with Crippen molar-refractivity contribution in [2.75, 3.05) is 4.90 Å². The molecule has 3 nitrogen and oxygen atoms in total. The van der Waals surface area contributed by atoms with Crippen LogP contribution in [0.15, 0.2) is 48.5 Å². The molecule has 2 aromatic carbocycles. The van der Waals surface area contributed by atoms with Gasteiger partial charge in [0, 0.05) is 21.8 Å². The Bertz CT molecular complexity index is 612. The van der Waals surface area contributed by atoms with Crippen LogP contribution in [-0.2, 0) is 0 Å². The molecule has 0 fully saturated rings.